The highest BCUT2D eigenvalue weighted by atomic mass is 15.0. The van der Waals surface area contributed by atoms with Crippen LogP contribution in [0.5, 0.6) is 0 Å². The standard InChI is InChI=1S/C30H32N4/c1-29(2,3)17-18-14-22-20(12-13-27(31-22)30(4,5)6)28-32-23-16-25-21(15-26(23)34(18)28)19-10-8-9-11-24(19)33(25)7/h8-16H,17H2,1-7H3. The predicted octanol–water partition coefficient (Wildman–Crippen LogP) is 7.57. The molecule has 0 radical (unpaired) electrons. The molecule has 0 spiro atoms. The summed E-state index contributed by atoms with van der Waals surface area (Å²) >= 11 is 0. The molecular formula is C30H32N4. The molecule has 0 unspecified atom stereocenters. The lowest BCUT2D eigenvalue weighted by molar-refractivity contribution is 0.405. The Morgan fingerprint density at radius 2 is 1.47 bits per heavy atom. The smallest absolute Gasteiger partial charge is 0.147 e. The number of imidazole rings is 1. The zero-order valence-corrected chi connectivity index (χ0v) is 21.2. The zero-order chi connectivity index (χ0) is 24.0. The maximum absolute atomic E-state index is 5.20. The fourth-order valence-corrected chi connectivity index (χ4v) is 5.29. The number of benzene rings is 2. The van der Waals surface area contributed by atoms with E-state index in [0.29, 0.717) is 0 Å². The molecule has 4 aromatic heterocycles. The first-order valence-corrected chi connectivity index (χ1v) is 12.1. The number of para-hydroxylation sites is 1. The summed E-state index contributed by atoms with van der Waals surface area (Å²) in [7, 11) is 2.14. The van der Waals surface area contributed by atoms with Crippen LogP contribution in [-0.4, -0.2) is 18.9 Å². The van der Waals surface area contributed by atoms with Crippen LogP contribution in [0.1, 0.15) is 52.9 Å². The van der Waals surface area contributed by atoms with E-state index in [4.69, 9.17) is 9.97 Å². The Morgan fingerprint density at radius 1 is 0.706 bits per heavy atom. The lowest BCUT2D eigenvalue weighted by Crippen LogP contribution is -2.15. The average molecular weight is 449 g/mol. The fourth-order valence-electron chi connectivity index (χ4n) is 5.29. The second-order valence-electron chi connectivity index (χ2n) is 12.0. The number of hydrogen-bond donors (Lipinski definition) is 0. The van der Waals surface area contributed by atoms with Gasteiger partial charge in [-0.25, -0.2) is 4.98 Å². The van der Waals surface area contributed by atoms with Gasteiger partial charge in [-0.3, -0.25) is 9.38 Å². The van der Waals surface area contributed by atoms with Gasteiger partial charge in [0.05, 0.1) is 22.1 Å². The third-order valence-corrected chi connectivity index (χ3v) is 6.92. The van der Waals surface area contributed by atoms with E-state index in [1.54, 1.807) is 0 Å². The van der Waals surface area contributed by atoms with Crippen molar-refractivity contribution in [1.29, 1.82) is 0 Å². The molecule has 34 heavy (non-hydrogen) atoms. The van der Waals surface area contributed by atoms with Crippen molar-refractivity contribution in [3.63, 3.8) is 0 Å². The molecule has 0 aliphatic heterocycles. The average Bonchev–Trinajstić information content (AvgIpc) is 3.27. The molecule has 0 saturated heterocycles. The lowest BCUT2D eigenvalue weighted by Gasteiger charge is -2.21. The number of rotatable bonds is 1. The van der Waals surface area contributed by atoms with Crippen LogP contribution in [0.2, 0.25) is 0 Å². The van der Waals surface area contributed by atoms with Gasteiger partial charge in [-0.1, -0.05) is 59.7 Å². The van der Waals surface area contributed by atoms with E-state index in [-0.39, 0.29) is 10.8 Å². The molecule has 6 rings (SSSR count). The largest absolute Gasteiger partial charge is 0.344 e. The third-order valence-electron chi connectivity index (χ3n) is 6.92. The van der Waals surface area contributed by atoms with Crippen LogP contribution in [0.15, 0.2) is 54.6 Å². The van der Waals surface area contributed by atoms with Crippen LogP contribution in [0, 0.1) is 5.41 Å². The van der Waals surface area contributed by atoms with Gasteiger partial charge in [0, 0.05) is 45.5 Å². The Morgan fingerprint density at radius 3 is 2.21 bits per heavy atom. The molecule has 0 saturated carbocycles. The maximum atomic E-state index is 5.20. The number of nitrogens with zero attached hydrogens (tertiary/aromatic N) is 4. The van der Waals surface area contributed by atoms with Gasteiger partial charge in [0.2, 0.25) is 0 Å². The molecule has 0 amide bonds. The van der Waals surface area contributed by atoms with Gasteiger partial charge in [0.25, 0.3) is 0 Å². The summed E-state index contributed by atoms with van der Waals surface area (Å²) < 4.78 is 4.65. The SMILES string of the molecule is Cn1c2ccccc2c2cc3c(cc21)nc1c2ccc(C(C)(C)C)nc2cc(CC(C)(C)C)n31. The molecule has 0 fully saturated rings. The summed E-state index contributed by atoms with van der Waals surface area (Å²) in [5, 5.41) is 3.66. The summed E-state index contributed by atoms with van der Waals surface area (Å²) in [6.07, 6.45) is 0.944. The van der Waals surface area contributed by atoms with Crippen LogP contribution >= 0.6 is 0 Å². The Bertz CT molecular complexity index is 1750. The van der Waals surface area contributed by atoms with Crippen molar-refractivity contribution < 1.29 is 0 Å². The van der Waals surface area contributed by atoms with E-state index in [9.17, 15) is 0 Å². The van der Waals surface area contributed by atoms with Crippen LogP contribution < -0.4 is 0 Å². The van der Waals surface area contributed by atoms with E-state index in [2.05, 4.69) is 112 Å². The van der Waals surface area contributed by atoms with Crippen molar-refractivity contribution in [3.8, 4) is 0 Å². The molecule has 0 atom stereocenters. The first-order chi connectivity index (χ1) is 16.0. The minimum Gasteiger partial charge on any atom is -0.344 e. The first-order valence-electron chi connectivity index (χ1n) is 12.1. The highest BCUT2D eigenvalue weighted by molar-refractivity contribution is 6.12. The number of aromatic nitrogens is 4. The van der Waals surface area contributed by atoms with Gasteiger partial charge in [-0.15, -0.1) is 0 Å². The van der Waals surface area contributed by atoms with E-state index in [1.807, 2.05) is 0 Å². The fraction of sp³-hybridized carbons (Fsp3) is 0.333. The Balaban J connectivity index is 1.76. The number of fused-ring (bicyclic) bond motifs is 8. The molecule has 4 heterocycles. The summed E-state index contributed by atoms with van der Waals surface area (Å²) in [4.78, 5) is 10.3. The highest BCUT2D eigenvalue weighted by Gasteiger charge is 2.22. The van der Waals surface area contributed by atoms with Crippen LogP contribution in [0.3, 0.4) is 0 Å². The quantitative estimate of drug-likeness (QED) is 0.260. The Labute approximate surface area is 200 Å². The van der Waals surface area contributed by atoms with Crippen LogP contribution in [0.25, 0.3) is 49.4 Å². The molecule has 0 aliphatic rings. The monoisotopic (exact) mass is 448 g/mol. The van der Waals surface area contributed by atoms with Gasteiger partial charge < -0.3 is 4.57 Å². The zero-order valence-electron chi connectivity index (χ0n) is 21.2. The van der Waals surface area contributed by atoms with Gasteiger partial charge in [-0.05, 0) is 48.2 Å². The van der Waals surface area contributed by atoms with Gasteiger partial charge in [0.15, 0.2) is 0 Å². The molecular weight excluding hydrogens is 416 g/mol. The molecule has 2 aromatic carbocycles. The molecule has 172 valence electrons. The summed E-state index contributed by atoms with van der Waals surface area (Å²) in [5.74, 6) is 0. The number of pyridine rings is 2. The summed E-state index contributed by atoms with van der Waals surface area (Å²) in [5.41, 5.74) is 9.21. The van der Waals surface area contributed by atoms with Crippen molar-refractivity contribution in [2.75, 3.05) is 0 Å². The first kappa shape index (κ1) is 21.2. The number of hydrogen-bond acceptors (Lipinski definition) is 2. The lowest BCUT2D eigenvalue weighted by atomic mass is 9.89. The van der Waals surface area contributed by atoms with Gasteiger partial charge in [0.1, 0.15) is 5.65 Å². The Hall–Kier alpha value is -3.40. The number of aryl methyl sites for hydroxylation is 1. The van der Waals surface area contributed by atoms with Crippen molar-refractivity contribution in [2.45, 2.75) is 53.4 Å². The van der Waals surface area contributed by atoms with Crippen molar-refractivity contribution in [1.82, 2.24) is 18.9 Å². The minimum absolute atomic E-state index is 0.00340. The molecule has 6 aromatic rings. The molecule has 0 N–H and O–H groups in total. The maximum Gasteiger partial charge on any atom is 0.147 e. The normalized spacial score (nSPS) is 13.3. The van der Waals surface area contributed by atoms with Crippen molar-refractivity contribution in [3.05, 3.63) is 66.0 Å². The van der Waals surface area contributed by atoms with Crippen LogP contribution in [0.4, 0.5) is 0 Å². The van der Waals surface area contributed by atoms with Crippen molar-refractivity contribution >= 4 is 49.4 Å². The second-order valence-corrected chi connectivity index (χ2v) is 12.0. The van der Waals surface area contributed by atoms with E-state index in [1.165, 1.54) is 33.0 Å². The van der Waals surface area contributed by atoms with Gasteiger partial charge >= 0.3 is 0 Å². The highest BCUT2D eigenvalue weighted by Crippen LogP contribution is 2.35. The molecule has 0 bridgehead atoms. The topological polar surface area (TPSA) is 35.1 Å². The Kier molecular flexibility index (Phi) is 4.24. The molecule has 4 nitrogen and oxygen atoms in total. The molecule has 0 aliphatic carbocycles. The molecule has 4 heteroatoms. The third kappa shape index (κ3) is 3.12. The van der Waals surface area contributed by atoms with Crippen molar-refractivity contribution in [2.24, 2.45) is 12.5 Å². The summed E-state index contributed by atoms with van der Waals surface area (Å²) in [6.45, 7) is 13.5. The summed E-state index contributed by atoms with van der Waals surface area (Å²) in [6, 6.07) is 19.9. The van der Waals surface area contributed by atoms with Crippen LogP contribution in [-0.2, 0) is 18.9 Å². The predicted molar refractivity (Wildman–Crippen MR) is 144 cm³/mol. The van der Waals surface area contributed by atoms with Gasteiger partial charge in [-0.2, -0.15) is 0 Å². The van der Waals surface area contributed by atoms with E-state index >= 15 is 0 Å². The van der Waals surface area contributed by atoms with E-state index < -0.39 is 0 Å². The van der Waals surface area contributed by atoms with E-state index in [0.717, 1.165) is 34.2 Å². The second kappa shape index (κ2) is 6.82. The minimum atomic E-state index is 0.00340.